The minimum Gasteiger partial charge on any atom is -0.489 e. The largest absolute Gasteiger partial charge is 0.489 e. The van der Waals surface area contributed by atoms with E-state index in [4.69, 9.17) is 9.47 Å². The standard InChI is InChI=1S/C20H17FO3/c1-12(2)11-23-17-9-8-16-19(22)18(24-20(16)13(17)3)10-14-4-6-15(21)7-5-14/h4-10H,1,11H2,2-3H3/b18-10-. The van der Waals surface area contributed by atoms with Gasteiger partial charge in [-0.25, -0.2) is 4.39 Å². The number of ketones is 1. The highest BCUT2D eigenvalue weighted by Gasteiger charge is 2.30. The fourth-order valence-electron chi connectivity index (χ4n) is 2.44. The van der Waals surface area contributed by atoms with Gasteiger partial charge in [0, 0.05) is 5.56 Å². The maximum absolute atomic E-state index is 13.0. The summed E-state index contributed by atoms with van der Waals surface area (Å²) >= 11 is 0. The van der Waals surface area contributed by atoms with Gasteiger partial charge in [-0.05, 0) is 55.3 Å². The van der Waals surface area contributed by atoms with E-state index in [1.54, 1.807) is 30.3 Å². The van der Waals surface area contributed by atoms with Crippen LogP contribution in [0.3, 0.4) is 0 Å². The molecule has 0 atom stereocenters. The van der Waals surface area contributed by atoms with Crippen molar-refractivity contribution in [1.82, 2.24) is 0 Å². The van der Waals surface area contributed by atoms with Crippen LogP contribution >= 0.6 is 0 Å². The molecule has 4 heteroatoms. The van der Waals surface area contributed by atoms with E-state index in [1.165, 1.54) is 12.1 Å². The fraction of sp³-hybridized carbons (Fsp3) is 0.150. The first-order valence-electron chi connectivity index (χ1n) is 7.56. The Morgan fingerprint density at radius 3 is 2.62 bits per heavy atom. The molecule has 2 aromatic carbocycles. The number of allylic oxidation sites excluding steroid dienone is 1. The minimum atomic E-state index is -0.325. The molecule has 2 aromatic rings. The average molecular weight is 324 g/mol. The molecule has 0 aromatic heterocycles. The monoisotopic (exact) mass is 324 g/mol. The number of hydrogen-bond donors (Lipinski definition) is 0. The van der Waals surface area contributed by atoms with Crippen LogP contribution in [0.1, 0.15) is 28.4 Å². The lowest BCUT2D eigenvalue weighted by Crippen LogP contribution is -2.00. The molecule has 1 aliphatic rings. The third-order valence-electron chi connectivity index (χ3n) is 3.68. The maximum Gasteiger partial charge on any atom is 0.231 e. The van der Waals surface area contributed by atoms with Crippen LogP contribution in [0.25, 0.3) is 6.08 Å². The summed E-state index contributed by atoms with van der Waals surface area (Å²) in [5.41, 5.74) is 2.88. The second kappa shape index (κ2) is 6.32. The van der Waals surface area contributed by atoms with Gasteiger partial charge in [0.25, 0.3) is 0 Å². The van der Waals surface area contributed by atoms with Crippen molar-refractivity contribution in [3.05, 3.63) is 76.8 Å². The SMILES string of the molecule is C=C(C)COc1ccc2c(c1C)O/C(=C\c1ccc(F)cc1)C2=O. The second-order valence-electron chi connectivity index (χ2n) is 5.80. The van der Waals surface area contributed by atoms with Crippen LogP contribution in [0, 0.1) is 12.7 Å². The van der Waals surface area contributed by atoms with E-state index in [1.807, 2.05) is 13.8 Å². The van der Waals surface area contributed by atoms with Crippen LogP contribution in [-0.4, -0.2) is 12.4 Å². The van der Waals surface area contributed by atoms with E-state index in [2.05, 4.69) is 6.58 Å². The molecule has 0 saturated heterocycles. The number of halogens is 1. The predicted octanol–water partition coefficient (Wildman–Crippen LogP) is 4.71. The third-order valence-corrected chi connectivity index (χ3v) is 3.68. The minimum absolute atomic E-state index is 0.191. The number of benzene rings is 2. The molecule has 24 heavy (non-hydrogen) atoms. The molecule has 0 spiro atoms. The van der Waals surface area contributed by atoms with Crippen molar-refractivity contribution in [1.29, 1.82) is 0 Å². The summed E-state index contributed by atoms with van der Waals surface area (Å²) < 4.78 is 24.4. The Hall–Kier alpha value is -2.88. The van der Waals surface area contributed by atoms with Crippen LogP contribution in [0.15, 0.2) is 54.3 Å². The van der Waals surface area contributed by atoms with Crippen molar-refractivity contribution in [2.45, 2.75) is 13.8 Å². The molecule has 0 bridgehead atoms. The summed E-state index contributed by atoms with van der Waals surface area (Å²) in [6, 6.07) is 9.33. The second-order valence-corrected chi connectivity index (χ2v) is 5.80. The highest BCUT2D eigenvalue weighted by molar-refractivity contribution is 6.14. The van der Waals surface area contributed by atoms with Crippen molar-refractivity contribution >= 4 is 11.9 Å². The van der Waals surface area contributed by atoms with E-state index in [0.29, 0.717) is 29.2 Å². The molecule has 1 heterocycles. The summed E-state index contributed by atoms with van der Waals surface area (Å²) in [4.78, 5) is 12.5. The first-order chi connectivity index (χ1) is 11.5. The van der Waals surface area contributed by atoms with E-state index >= 15 is 0 Å². The summed E-state index contributed by atoms with van der Waals surface area (Å²) in [5.74, 6) is 0.870. The van der Waals surface area contributed by atoms with Gasteiger partial charge >= 0.3 is 0 Å². The van der Waals surface area contributed by atoms with E-state index in [9.17, 15) is 9.18 Å². The Balaban J connectivity index is 1.90. The molecule has 0 fully saturated rings. The van der Waals surface area contributed by atoms with Gasteiger partial charge in [0.05, 0.1) is 5.56 Å². The van der Waals surface area contributed by atoms with Gasteiger partial charge in [0.1, 0.15) is 23.9 Å². The number of carbonyl (C=O) groups excluding carboxylic acids is 1. The number of ether oxygens (including phenoxy) is 2. The molecule has 0 radical (unpaired) electrons. The fourth-order valence-corrected chi connectivity index (χ4v) is 2.44. The van der Waals surface area contributed by atoms with Gasteiger partial charge in [-0.1, -0.05) is 18.7 Å². The Labute approximate surface area is 140 Å². The van der Waals surface area contributed by atoms with E-state index in [0.717, 1.165) is 11.1 Å². The van der Waals surface area contributed by atoms with E-state index < -0.39 is 0 Å². The van der Waals surface area contributed by atoms with Crippen molar-refractivity contribution in [2.24, 2.45) is 0 Å². The Morgan fingerprint density at radius 2 is 1.96 bits per heavy atom. The number of hydrogen-bond acceptors (Lipinski definition) is 3. The molecule has 0 saturated carbocycles. The van der Waals surface area contributed by atoms with E-state index in [-0.39, 0.29) is 17.4 Å². The van der Waals surface area contributed by atoms with Crippen molar-refractivity contribution in [2.75, 3.05) is 6.61 Å². The molecular formula is C20H17FO3. The number of rotatable bonds is 4. The van der Waals surface area contributed by atoms with Gasteiger partial charge in [0.15, 0.2) is 5.76 Å². The maximum atomic E-state index is 13.0. The van der Waals surface area contributed by atoms with Gasteiger partial charge in [0.2, 0.25) is 5.78 Å². The lowest BCUT2D eigenvalue weighted by molar-refractivity contribution is 0.101. The quantitative estimate of drug-likeness (QED) is 0.604. The molecule has 0 unspecified atom stereocenters. The molecule has 1 aliphatic heterocycles. The zero-order valence-electron chi connectivity index (χ0n) is 13.6. The predicted molar refractivity (Wildman–Crippen MR) is 90.8 cm³/mol. The lowest BCUT2D eigenvalue weighted by Gasteiger charge is -2.11. The van der Waals surface area contributed by atoms with Gasteiger partial charge < -0.3 is 9.47 Å². The Morgan fingerprint density at radius 1 is 1.25 bits per heavy atom. The summed E-state index contributed by atoms with van der Waals surface area (Å²) in [6.07, 6.45) is 1.61. The molecule has 122 valence electrons. The topological polar surface area (TPSA) is 35.5 Å². The number of fused-ring (bicyclic) bond motifs is 1. The van der Waals surface area contributed by atoms with Gasteiger partial charge in [-0.2, -0.15) is 0 Å². The summed E-state index contributed by atoms with van der Waals surface area (Å²) in [7, 11) is 0. The van der Waals surface area contributed by atoms with Crippen LogP contribution in [0.4, 0.5) is 4.39 Å². The summed E-state index contributed by atoms with van der Waals surface area (Å²) in [5, 5.41) is 0. The Kier molecular flexibility index (Phi) is 4.21. The van der Waals surface area contributed by atoms with Crippen molar-refractivity contribution < 1.29 is 18.7 Å². The normalized spacial score (nSPS) is 14.5. The van der Waals surface area contributed by atoms with Crippen LogP contribution in [0.5, 0.6) is 11.5 Å². The average Bonchev–Trinajstić information content (AvgIpc) is 2.86. The van der Waals surface area contributed by atoms with Crippen LogP contribution < -0.4 is 9.47 Å². The van der Waals surface area contributed by atoms with Crippen LogP contribution in [-0.2, 0) is 0 Å². The molecule has 3 rings (SSSR count). The zero-order valence-corrected chi connectivity index (χ0v) is 13.6. The Bertz CT molecular complexity index is 848. The van der Waals surface area contributed by atoms with Crippen molar-refractivity contribution in [3.8, 4) is 11.5 Å². The molecule has 0 aliphatic carbocycles. The van der Waals surface area contributed by atoms with Crippen molar-refractivity contribution in [3.63, 3.8) is 0 Å². The molecule has 0 amide bonds. The smallest absolute Gasteiger partial charge is 0.231 e. The highest BCUT2D eigenvalue weighted by atomic mass is 19.1. The first kappa shape index (κ1) is 16.0. The highest BCUT2D eigenvalue weighted by Crippen LogP contribution is 2.39. The lowest BCUT2D eigenvalue weighted by atomic mass is 10.1. The number of carbonyl (C=O) groups is 1. The molecular weight excluding hydrogens is 307 g/mol. The third kappa shape index (κ3) is 3.08. The first-order valence-corrected chi connectivity index (χ1v) is 7.56. The van der Waals surface area contributed by atoms with Gasteiger partial charge in [-0.15, -0.1) is 0 Å². The molecule has 0 N–H and O–H groups in total. The molecule has 3 nitrogen and oxygen atoms in total. The van der Waals surface area contributed by atoms with Gasteiger partial charge in [-0.3, -0.25) is 4.79 Å². The number of Topliss-reactive ketones (excluding diaryl/α,β-unsaturated/α-hetero) is 1. The zero-order chi connectivity index (χ0) is 17.3. The van der Waals surface area contributed by atoms with Crippen LogP contribution in [0.2, 0.25) is 0 Å². The summed E-state index contributed by atoms with van der Waals surface area (Å²) in [6.45, 7) is 7.94.